The Morgan fingerprint density at radius 3 is 2.18 bits per heavy atom. The number of likely N-dealkylation sites (tertiary alicyclic amines) is 1. The van der Waals surface area contributed by atoms with Gasteiger partial charge in [-0.25, -0.2) is 0 Å². The van der Waals surface area contributed by atoms with Crippen molar-refractivity contribution in [3.8, 4) is 11.1 Å². The van der Waals surface area contributed by atoms with E-state index in [4.69, 9.17) is 0 Å². The summed E-state index contributed by atoms with van der Waals surface area (Å²) in [5.41, 5.74) is 5.21. The Morgan fingerprint density at radius 1 is 0.848 bits per heavy atom. The molecule has 3 aromatic rings. The number of carbonyl (C=O) groups excluding carboxylic acids is 2. The molecule has 4 heteroatoms. The molecule has 170 valence electrons. The van der Waals surface area contributed by atoms with Crippen molar-refractivity contribution < 1.29 is 9.59 Å². The summed E-state index contributed by atoms with van der Waals surface area (Å²) in [5.74, 6) is 0.202. The van der Waals surface area contributed by atoms with Gasteiger partial charge in [0.2, 0.25) is 11.8 Å². The van der Waals surface area contributed by atoms with Gasteiger partial charge in [0.1, 0.15) is 0 Å². The molecule has 0 unspecified atom stereocenters. The molecular formula is C29H32N2O2. The molecule has 1 aliphatic rings. The van der Waals surface area contributed by atoms with Gasteiger partial charge in [-0.15, -0.1) is 0 Å². The maximum Gasteiger partial charge on any atom is 0.226 e. The Hall–Kier alpha value is -3.40. The summed E-state index contributed by atoms with van der Waals surface area (Å²) < 4.78 is 0. The third kappa shape index (κ3) is 5.33. The van der Waals surface area contributed by atoms with Crippen molar-refractivity contribution in [1.29, 1.82) is 0 Å². The average molecular weight is 441 g/mol. The Balaban J connectivity index is 1.46. The molecular weight excluding hydrogens is 408 g/mol. The average Bonchev–Trinajstić information content (AvgIpc) is 2.86. The van der Waals surface area contributed by atoms with Crippen molar-refractivity contribution in [2.45, 2.75) is 32.6 Å². The number of amides is 2. The zero-order chi connectivity index (χ0) is 23.3. The summed E-state index contributed by atoms with van der Waals surface area (Å²) >= 11 is 0. The van der Waals surface area contributed by atoms with Crippen LogP contribution in [0.1, 0.15) is 29.5 Å². The zero-order valence-corrected chi connectivity index (χ0v) is 19.5. The molecule has 0 bridgehead atoms. The van der Waals surface area contributed by atoms with E-state index < -0.39 is 5.41 Å². The van der Waals surface area contributed by atoms with Crippen molar-refractivity contribution in [3.63, 3.8) is 0 Å². The maximum absolute atomic E-state index is 13.0. The molecule has 0 aliphatic carbocycles. The van der Waals surface area contributed by atoms with Crippen molar-refractivity contribution in [3.05, 3.63) is 95.6 Å². The molecule has 3 aromatic carbocycles. The molecule has 1 N–H and O–H groups in total. The van der Waals surface area contributed by atoms with Crippen molar-refractivity contribution >= 4 is 11.8 Å². The molecule has 0 radical (unpaired) electrons. The summed E-state index contributed by atoms with van der Waals surface area (Å²) in [4.78, 5) is 27.8. The number of hydrogen-bond donors (Lipinski definition) is 1. The normalized spacial score (nSPS) is 15.2. The summed E-state index contributed by atoms with van der Waals surface area (Å²) in [7, 11) is 1.71. The number of nitrogens with zero attached hydrogens (tertiary/aromatic N) is 1. The first kappa shape index (κ1) is 22.8. The molecule has 0 atom stereocenters. The number of benzene rings is 3. The number of nitrogens with one attached hydrogen (secondary N) is 1. The van der Waals surface area contributed by atoms with Crippen LogP contribution in [0, 0.1) is 12.3 Å². The number of carbonyl (C=O) groups is 2. The number of rotatable bonds is 6. The third-order valence-electron chi connectivity index (χ3n) is 6.83. The fourth-order valence-corrected chi connectivity index (χ4v) is 4.81. The van der Waals surface area contributed by atoms with Crippen molar-refractivity contribution in [2.75, 3.05) is 20.1 Å². The Morgan fingerprint density at radius 2 is 1.52 bits per heavy atom. The lowest BCUT2D eigenvalue weighted by Crippen LogP contribution is -2.50. The number of piperidine rings is 1. The fourth-order valence-electron chi connectivity index (χ4n) is 4.81. The van der Waals surface area contributed by atoms with Gasteiger partial charge < -0.3 is 10.2 Å². The van der Waals surface area contributed by atoms with Crippen molar-refractivity contribution in [2.24, 2.45) is 5.41 Å². The van der Waals surface area contributed by atoms with E-state index >= 15 is 0 Å². The van der Waals surface area contributed by atoms with Crippen LogP contribution in [0.4, 0.5) is 0 Å². The van der Waals surface area contributed by atoms with E-state index in [2.05, 4.69) is 41.7 Å². The summed E-state index contributed by atoms with van der Waals surface area (Å²) in [6.07, 6.45) is 2.42. The van der Waals surface area contributed by atoms with Crippen LogP contribution in [0.15, 0.2) is 78.9 Å². The van der Waals surface area contributed by atoms with Crippen LogP contribution < -0.4 is 5.32 Å². The summed E-state index contributed by atoms with van der Waals surface area (Å²) in [5, 5.41) is 2.89. The quantitative estimate of drug-likeness (QED) is 0.598. The highest BCUT2D eigenvalue weighted by Crippen LogP contribution is 2.36. The summed E-state index contributed by atoms with van der Waals surface area (Å²) in [6, 6.07) is 26.9. The van der Waals surface area contributed by atoms with E-state index in [1.165, 1.54) is 11.1 Å². The van der Waals surface area contributed by atoms with E-state index in [0.29, 0.717) is 38.8 Å². The van der Waals surface area contributed by atoms with Gasteiger partial charge in [-0.3, -0.25) is 9.59 Å². The summed E-state index contributed by atoms with van der Waals surface area (Å²) in [6.45, 7) is 3.26. The Labute approximate surface area is 196 Å². The monoisotopic (exact) mass is 440 g/mol. The minimum Gasteiger partial charge on any atom is -0.359 e. The highest BCUT2D eigenvalue weighted by Gasteiger charge is 2.41. The first-order chi connectivity index (χ1) is 16.0. The molecule has 1 heterocycles. The highest BCUT2D eigenvalue weighted by molar-refractivity contribution is 5.84. The molecule has 4 nitrogen and oxygen atoms in total. The maximum atomic E-state index is 13.0. The van der Waals surface area contributed by atoms with Crippen molar-refractivity contribution in [1.82, 2.24) is 10.2 Å². The second-order valence-electron chi connectivity index (χ2n) is 9.15. The van der Waals surface area contributed by atoms with Gasteiger partial charge in [-0.1, -0.05) is 84.4 Å². The first-order valence-electron chi connectivity index (χ1n) is 11.7. The number of aryl methyl sites for hydroxylation is 1. The van der Waals surface area contributed by atoms with Crippen LogP contribution in [0.5, 0.6) is 0 Å². The van der Waals surface area contributed by atoms with Crippen LogP contribution in [0.3, 0.4) is 0 Å². The lowest BCUT2D eigenvalue weighted by Gasteiger charge is -2.40. The van der Waals surface area contributed by atoms with Gasteiger partial charge in [0.15, 0.2) is 0 Å². The van der Waals surface area contributed by atoms with Gasteiger partial charge in [-0.05, 0) is 48.4 Å². The smallest absolute Gasteiger partial charge is 0.226 e. The minimum absolute atomic E-state index is 0.0678. The van der Waals surface area contributed by atoms with E-state index in [0.717, 1.165) is 16.7 Å². The van der Waals surface area contributed by atoms with E-state index in [1.54, 1.807) is 7.05 Å². The molecule has 1 fully saturated rings. The molecule has 33 heavy (non-hydrogen) atoms. The lowest BCUT2D eigenvalue weighted by molar-refractivity contribution is -0.140. The highest BCUT2D eigenvalue weighted by atomic mass is 16.2. The van der Waals surface area contributed by atoms with Crippen LogP contribution in [-0.2, 0) is 22.4 Å². The van der Waals surface area contributed by atoms with E-state index in [-0.39, 0.29) is 11.8 Å². The Bertz CT molecular complexity index is 1100. The van der Waals surface area contributed by atoms with Crippen LogP contribution in [0.25, 0.3) is 11.1 Å². The topological polar surface area (TPSA) is 49.4 Å². The second-order valence-corrected chi connectivity index (χ2v) is 9.15. The molecule has 1 aliphatic heterocycles. The van der Waals surface area contributed by atoms with Gasteiger partial charge >= 0.3 is 0 Å². The van der Waals surface area contributed by atoms with Gasteiger partial charge in [0, 0.05) is 20.1 Å². The molecule has 4 rings (SSSR count). The molecule has 0 saturated carbocycles. The Kier molecular flexibility index (Phi) is 6.93. The van der Waals surface area contributed by atoms with Gasteiger partial charge in [0.05, 0.1) is 11.8 Å². The lowest BCUT2D eigenvalue weighted by atomic mass is 9.72. The first-order valence-corrected chi connectivity index (χ1v) is 11.7. The number of hydrogen-bond acceptors (Lipinski definition) is 2. The largest absolute Gasteiger partial charge is 0.359 e. The van der Waals surface area contributed by atoms with Gasteiger partial charge in [-0.2, -0.15) is 0 Å². The predicted octanol–water partition coefficient (Wildman–Crippen LogP) is 4.80. The molecule has 1 saturated heterocycles. The molecule has 0 spiro atoms. The predicted molar refractivity (Wildman–Crippen MR) is 133 cm³/mol. The van der Waals surface area contributed by atoms with Crippen LogP contribution in [0.2, 0.25) is 0 Å². The SMILES string of the molecule is CNC(=O)C1(Cc2cccc(-c3ccccc3)c2)CCN(C(=O)Cc2ccc(C)cc2)CC1. The standard InChI is InChI=1S/C29H32N2O2/c1-22-11-13-23(14-12-22)20-27(32)31-17-15-29(16-18-31,28(33)30-2)21-24-7-6-10-26(19-24)25-8-4-3-5-9-25/h3-14,19H,15-18,20-21H2,1-2H3,(H,30,33). The van der Waals surface area contributed by atoms with E-state index in [9.17, 15) is 9.59 Å². The fraction of sp³-hybridized carbons (Fsp3) is 0.310. The van der Waals surface area contributed by atoms with Crippen LogP contribution in [-0.4, -0.2) is 36.9 Å². The van der Waals surface area contributed by atoms with E-state index in [1.807, 2.05) is 54.3 Å². The second kappa shape index (κ2) is 10.0. The molecule has 0 aromatic heterocycles. The van der Waals surface area contributed by atoms with Gasteiger partial charge in [0.25, 0.3) is 0 Å². The van der Waals surface area contributed by atoms with Crippen LogP contribution >= 0.6 is 0 Å². The zero-order valence-electron chi connectivity index (χ0n) is 19.5. The third-order valence-corrected chi connectivity index (χ3v) is 6.83. The minimum atomic E-state index is -0.495. The molecule has 2 amide bonds.